The first-order chi connectivity index (χ1) is 10.6. The van der Waals surface area contributed by atoms with E-state index < -0.39 is 12.1 Å². The maximum atomic E-state index is 11.9. The Hall–Kier alpha value is -2.76. The molecule has 0 bridgehead atoms. The van der Waals surface area contributed by atoms with Crippen LogP contribution in [0.3, 0.4) is 0 Å². The molecule has 0 aliphatic carbocycles. The Morgan fingerprint density at radius 1 is 1.23 bits per heavy atom. The second-order valence-electron chi connectivity index (χ2n) is 4.59. The second kappa shape index (κ2) is 7.31. The number of ether oxygens (including phenoxy) is 2. The molecule has 0 spiro atoms. The third kappa shape index (κ3) is 4.12. The van der Waals surface area contributed by atoms with E-state index in [9.17, 15) is 9.59 Å². The molecular formula is C16H17NO5. The molecule has 2 rings (SSSR count). The molecule has 116 valence electrons. The Balaban J connectivity index is 1.82. The van der Waals surface area contributed by atoms with Crippen LogP contribution in [-0.4, -0.2) is 25.1 Å². The molecule has 1 aromatic heterocycles. The van der Waals surface area contributed by atoms with Gasteiger partial charge in [0.15, 0.2) is 6.10 Å². The molecule has 0 aliphatic rings. The van der Waals surface area contributed by atoms with Gasteiger partial charge in [0.2, 0.25) is 5.76 Å². The van der Waals surface area contributed by atoms with Crippen LogP contribution in [0.25, 0.3) is 0 Å². The van der Waals surface area contributed by atoms with Crippen molar-refractivity contribution in [2.75, 3.05) is 7.11 Å². The monoisotopic (exact) mass is 303 g/mol. The largest absolute Gasteiger partial charge is 0.497 e. The first-order valence-electron chi connectivity index (χ1n) is 6.75. The van der Waals surface area contributed by atoms with Gasteiger partial charge < -0.3 is 19.2 Å². The van der Waals surface area contributed by atoms with Gasteiger partial charge in [0, 0.05) is 6.54 Å². The van der Waals surface area contributed by atoms with Gasteiger partial charge in [-0.25, -0.2) is 4.79 Å². The van der Waals surface area contributed by atoms with Gasteiger partial charge in [-0.05, 0) is 36.8 Å². The number of esters is 1. The summed E-state index contributed by atoms with van der Waals surface area (Å²) < 4.78 is 15.0. The van der Waals surface area contributed by atoms with Crippen LogP contribution in [0, 0.1) is 0 Å². The Kier molecular flexibility index (Phi) is 5.19. The number of rotatable bonds is 6. The number of carbonyl (C=O) groups excluding carboxylic acids is 2. The fraction of sp³-hybridized carbons (Fsp3) is 0.250. The van der Waals surface area contributed by atoms with Crippen molar-refractivity contribution in [3.63, 3.8) is 0 Å². The average Bonchev–Trinajstić information content (AvgIpc) is 3.07. The standard InChI is InChI=1S/C16H17NO5/c1-11(22-16(19)14-4-3-9-21-14)15(18)17-10-12-5-7-13(20-2)8-6-12/h3-9,11H,10H2,1-2H3,(H,17,18)/t11-/m1/s1. The summed E-state index contributed by atoms with van der Waals surface area (Å²) in [6, 6.07) is 10.4. The molecule has 0 radical (unpaired) electrons. The van der Waals surface area contributed by atoms with Crippen LogP contribution in [0.1, 0.15) is 23.0 Å². The summed E-state index contributed by atoms with van der Waals surface area (Å²) >= 11 is 0. The highest BCUT2D eigenvalue weighted by atomic mass is 16.6. The van der Waals surface area contributed by atoms with Crippen molar-refractivity contribution >= 4 is 11.9 Å². The Bertz CT molecular complexity index is 618. The molecule has 1 amide bonds. The Morgan fingerprint density at radius 2 is 1.95 bits per heavy atom. The number of methoxy groups -OCH3 is 1. The molecule has 1 atom stereocenters. The smallest absolute Gasteiger partial charge is 0.374 e. The van der Waals surface area contributed by atoms with E-state index in [4.69, 9.17) is 13.9 Å². The maximum absolute atomic E-state index is 11.9. The third-order valence-electron chi connectivity index (χ3n) is 3.00. The summed E-state index contributed by atoms with van der Waals surface area (Å²) in [6.07, 6.45) is 0.459. The SMILES string of the molecule is COc1ccc(CNC(=O)[C@@H](C)OC(=O)c2ccco2)cc1. The number of carbonyl (C=O) groups is 2. The zero-order valence-corrected chi connectivity index (χ0v) is 12.4. The highest BCUT2D eigenvalue weighted by Crippen LogP contribution is 2.11. The van der Waals surface area contributed by atoms with Crippen molar-refractivity contribution in [3.8, 4) is 5.75 Å². The van der Waals surface area contributed by atoms with Gasteiger partial charge in [0.05, 0.1) is 13.4 Å². The zero-order chi connectivity index (χ0) is 15.9. The van der Waals surface area contributed by atoms with E-state index in [1.165, 1.54) is 19.3 Å². The first kappa shape index (κ1) is 15.6. The zero-order valence-electron chi connectivity index (χ0n) is 12.4. The summed E-state index contributed by atoms with van der Waals surface area (Å²) in [5.41, 5.74) is 0.915. The molecule has 0 unspecified atom stereocenters. The molecule has 0 fully saturated rings. The molecule has 0 saturated carbocycles. The minimum absolute atomic E-state index is 0.0646. The van der Waals surface area contributed by atoms with E-state index in [1.807, 2.05) is 24.3 Å². The molecular weight excluding hydrogens is 286 g/mol. The summed E-state index contributed by atoms with van der Waals surface area (Å²) in [5, 5.41) is 2.70. The molecule has 1 N–H and O–H groups in total. The van der Waals surface area contributed by atoms with E-state index in [-0.39, 0.29) is 11.7 Å². The third-order valence-corrected chi connectivity index (χ3v) is 3.00. The fourth-order valence-corrected chi connectivity index (χ4v) is 1.74. The van der Waals surface area contributed by atoms with Gasteiger partial charge in [0.1, 0.15) is 5.75 Å². The van der Waals surface area contributed by atoms with Crippen LogP contribution >= 0.6 is 0 Å². The lowest BCUT2D eigenvalue weighted by atomic mass is 10.2. The number of hydrogen-bond acceptors (Lipinski definition) is 5. The van der Waals surface area contributed by atoms with Gasteiger partial charge in [-0.15, -0.1) is 0 Å². The number of amides is 1. The van der Waals surface area contributed by atoms with E-state index in [1.54, 1.807) is 13.2 Å². The van der Waals surface area contributed by atoms with Crippen molar-refractivity contribution in [2.24, 2.45) is 0 Å². The van der Waals surface area contributed by atoms with Crippen molar-refractivity contribution in [1.29, 1.82) is 0 Å². The van der Waals surface area contributed by atoms with Gasteiger partial charge in [-0.3, -0.25) is 4.79 Å². The van der Waals surface area contributed by atoms with Crippen molar-refractivity contribution in [3.05, 3.63) is 54.0 Å². The highest BCUT2D eigenvalue weighted by molar-refractivity contribution is 5.89. The van der Waals surface area contributed by atoms with Crippen LogP contribution < -0.4 is 10.1 Å². The Labute approximate surface area is 128 Å². The molecule has 2 aromatic rings. The summed E-state index contributed by atoms with van der Waals surface area (Å²) in [6.45, 7) is 1.84. The van der Waals surface area contributed by atoms with Crippen molar-refractivity contribution < 1.29 is 23.5 Å². The van der Waals surface area contributed by atoms with E-state index in [2.05, 4.69) is 5.32 Å². The van der Waals surface area contributed by atoms with Crippen molar-refractivity contribution in [1.82, 2.24) is 5.32 Å². The van der Waals surface area contributed by atoms with Gasteiger partial charge in [-0.1, -0.05) is 12.1 Å². The topological polar surface area (TPSA) is 77.8 Å². The van der Waals surface area contributed by atoms with Crippen molar-refractivity contribution in [2.45, 2.75) is 19.6 Å². The van der Waals surface area contributed by atoms with Gasteiger partial charge in [-0.2, -0.15) is 0 Å². The maximum Gasteiger partial charge on any atom is 0.374 e. The second-order valence-corrected chi connectivity index (χ2v) is 4.59. The fourth-order valence-electron chi connectivity index (χ4n) is 1.74. The number of nitrogens with one attached hydrogen (secondary N) is 1. The molecule has 6 heteroatoms. The van der Waals surface area contributed by atoms with Gasteiger partial charge >= 0.3 is 5.97 Å². The van der Waals surface area contributed by atoms with Crippen LogP contribution in [0.4, 0.5) is 0 Å². The highest BCUT2D eigenvalue weighted by Gasteiger charge is 2.20. The average molecular weight is 303 g/mol. The lowest BCUT2D eigenvalue weighted by Gasteiger charge is -2.12. The number of furan rings is 1. The predicted octanol–water partition coefficient (Wildman–Crippen LogP) is 2.15. The van der Waals surface area contributed by atoms with E-state index in [0.717, 1.165) is 11.3 Å². The normalized spacial score (nSPS) is 11.5. The molecule has 6 nitrogen and oxygen atoms in total. The first-order valence-corrected chi connectivity index (χ1v) is 6.75. The molecule has 22 heavy (non-hydrogen) atoms. The van der Waals surface area contributed by atoms with E-state index in [0.29, 0.717) is 6.54 Å². The Morgan fingerprint density at radius 3 is 2.55 bits per heavy atom. The predicted molar refractivity (Wildman–Crippen MR) is 78.4 cm³/mol. The van der Waals surface area contributed by atoms with Crippen LogP contribution in [0.2, 0.25) is 0 Å². The number of benzene rings is 1. The molecule has 0 aliphatic heterocycles. The quantitative estimate of drug-likeness (QED) is 0.827. The van der Waals surface area contributed by atoms with Gasteiger partial charge in [0.25, 0.3) is 5.91 Å². The van der Waals surface area contributed by atoms with Crippen LogP contribution in [0.15, 0.2) is 47.1 Å². The lowest BCUT2D eigenvalue weighted by Crippen LogP contribution is -2.35. The molecule has 1 aromatic carbocycles. The lowest BCUT2D eigenvalue weighted by molar-refractivity contribution is -0.129. The molecule has 1 heterocycles. The van der Waals surface area contributed by atoms with E-state index >= 15 is 0 Å². The van der Waals surface area contributed by atoms with Crippen LogP contribution in [0.5, 0.6) is 5.75 Å². The molecule has 0 saturated heterocycles. The minimum Gasteiger partial charge on any atom is -0.497 e. The summed E-state index contributed by atoms with van der Waals surface area (Å²) in [4.78, 5) is 23.6. The summed E-state index contributed by atoms with van der Waals surface area (Å²) in [5.74, 6) is -0.238. The van der Waals surface area contributed by atoms with Crippen LogP contribution in [-0.2, 0) is 16.1 Å². The minimum atomic E-state index is -0.907. The number of hydrogen-bond donors (Lipinski definition) is 1. The summed E-state index contributed by atoms with van der Waals surface area (Å²) in [7, 11) is 1.59.